The fourth-order valence-electron chi connectivity index (χ4n) is 4.72. The summed E-state index contributed by atoms with van der Waals surface area (Å²) in [5, 5.41) is 12.5. The lowest BCUT2D eigenvalue weighted by Gasteiger charge is -2.23. The first kappa shape index (κ1) is 30.9. The van der Waals surface area contributed by atoms with Gasteiger partial charge in [-0.1, -0.05) is 41.9 Å². The van der Waals surface area contributed by atoms with Gasteiger partial charge < -0.3 is 20.2 Å². The van der Waals surface area contributed by atoms with Gasteiger partial charge in [-0.25, -0.2) is 0 Å². The Labute approximate surface area is 251 Å². The highest BCUT2D eigenvalue weighted by molar-refractivity contribution is 6.31. The third-order valence-corrected chi connectivity index (χ3v) is 7.43. The van der Waals surface area contributed by atoms with Crippen LogP contribution in [0.15, 0.2) is 71.7 Å². The van der Waals surface area contributed by atoms with Gasteiger partial charge in [-0.3, -0.25) is 24.3 Å². The molecule has 0 saturated heterocycles. The summed E-state index contributed by atoms with van der Waals surface area (Å²) in [4.78, 5) is 47.7. The van der Waals surface area contributed by atoms with E-state index in [4.69, 9.17) is 21.7 Å². The summed E-state index contributed by atoms with van der Waals surface area (Å²) in [5.74, 6) is -1.74. The smallest absolute Gasteiger partial charge is 0.303 e. The Bertz CT molecular complexity index is 1470. The summed E-state index contributed by atoms with van der Waals surface area (Å²) in [6, 6.07) is 20.1. The van der Waals surface area contributed by atoms with Crippen molar-refractivity contribution in [3.8, 4) is 0 Å². The molecular formula is C32H36ClN5O4. The Balaban J connectivity index is 1.61. The van der Waals surface area contributed by atoms with Gasteiger partial charge in [-0.2, -0.15) is 0 Å². The van der Waals surface area contributed by atoms with Crippen LogP contribution in [0, 0.1) is 0 Å². The quantitative estimate of drug-likeness (QED) is 0.298. The van der Waals surface area contributed by atoms with Crippen molar-refractivity contribution < 1.29 is 19.5 Å². The third kappa shape index (κ3) is 7.82. The number of hydrogen-bond donors (Lipinski definition) is 2. The first-order valence-electron chi connectivity index (χ1n) is 13.7. The molecule has 2 amide bonds. The molecule has 1 aliphatic rings. The zero-order valence-corrected chi connectivity index (χ0v) is 25.1. The Hall–Kier alpha value is -4.05. The summed E-state index contributed by atoms with van der Waals surface area (Å²) >= 11 is 6.18. The highest BCUT2D eigenvalue weighted by atomic mass is 35.5. The second-order valence-corrected chi connectivity index (χ2v) is 11.2. The van der Waals surface area contributed by atoms with Crippen molar-refractivity contribution >= 4 is 52.2 Å². The lowest BCUT2D eigenvalue weighted by atomic mass is 9.90. The van der Waals surface area contributed by atoms with E-state index in [1.807, 2.05) is 80.6 Å². The van der Waals surface area contributed by atoms with Crippen molar-refractivity contribution in [2.24, 2.45) is 4.99 Å². The largest absolute Gasteiger partial charge is 0.481 e. The van der Waals surface area contributed by atoms with Crippen molar-refractivity contribution in [2.45, 2.75) is 18.8 Å². The number of carbonyl (C=O) groups is 3. The van der Waals surface area contributed by atoms with Crippen molar-refractivity contribution in [2.75, 3.05) is 58.0 Å². The first-order valence-corrected chi connectivity index (χ1v) is 14.1. The number of benzene rings is 3. The second-order valence-electron chi connectivity index (χ2n) is 10.8. The molecule has 0 aliphatic carbocycles. The third-order valence-electron chi connectivity index (χ3n) is 7.19. The predicted octanol–water partition coefficient (Wildman–Crippen LogP) is 4.67. The number of aliphatic carboxylic acids is 1. The van der Waals surface area contributed by atoms with E-state index >= 15 is 0 Å². The average Bonchev–Trinajstić information content (AvgIpc) is 3.28. The van der Waals surface area contributed by atoms with E-state index < -0.39 is 11.9 Å². The highest BCUT2D eigenvalue weighted by Gasteiger charge is 2.35. The molecule has 1 unspecified atom stereocenters. The van der Waals surface area contributed by atoms with Crippen LogP contribution in [0.2, 0.25) is 5.02 Å². The molecule has 0 radical (unpaired) electrons. The van der Waals surface area contributed by atoms with Gasteiger partial charge in [-0.15, -0.1) is 0 Å². The van der Waals surface area contributed by atoms with Gasteiger partial charge >= 0.3 is 5.97 Å². The molecule has 2 N–H and O–H groups in total. The Morgan fingerprint density at radius 1 is 0.952 bits per heavy atom. The maximum absolute atomic E-state index is 13.2. The topological polar surface area (TPSA) is 106 Å². The molecule has 0 aromatic heterocycles. The number of carboxylic acids is 1. The van der Waals surface area contributed by atoms with Crippen LogP contribution in [0.1, 0.15) is 29.0 Å². The van der Waals surface area contributed by atoms with Crippen LogP contribution in [-0.4, -0.2) is 86.2 Å². The van der Waals surface area contributed by atoms with E-state index in [1.165, 1.54) is 0 Å². The molecule has 9 nitrogen and oxygen atoms in total. The number of nitrogens with one attached hydrogen (secondary N) is 1. The van der Waals surface area contributed by atoms with Crippen molar-refractivity contribution in [1.29, 1.82) is 0 Å². The van der Waals surface area contributed by atoms with E-state index in [1.54, 1.807) is 24.1 Å². The molecule has 1 aliphatic heterocycles. The van der Waals surface area contributed by atoms with Crippen LogP contribution in [0.3, 0.4) is 0 Å². The molecule has 4 rings (SSSR count). The number of carboxylic acid groups (broad SMARTS) is 1. The van der Waals surface area contributed by atoms with E-state index in [2.05, 4.69) is 10.2 Å². The normalized spacial score (nSPS) is 14.7. The summed E-state index contributed by atoms with van der Waals surface area (Å²) in [6.45, 7) is 1.95. The number of nitrogens with zero attached hydrogens (tertiary/aromatic N) is 4. The Morgan fingerprint density at radius 2 is 1.64 bits per heavy atom. The van der Waals surface area contributed by atoms with E-state index in [9.17, 15) is 14.4 Å². The molecule has 0 fully saturated rings. The Kier molecular flexibility index (Phi) is 10.1. The van der Waals surface area contributed by atoms with E-state index in [0.29, 0.717) is 35.1 Å². The molecule has 0 saturated carbocycles. The molecule has 3 aromatic rings. The van der Waals surface area contributed by atoms with Gasteiger partial charge in [0.15, 0.2) is 0 Å². The van der Waals surface area contributed by atoms with Crippen LogP contribution < -0.4 is 10.2 Å². The van der Waals surface area contributed by atoms with Crippen LogP contribution >= 0.6 is 11.6 Å². The van der Waals surface area contributed by atoms with Crippen LogP contribution in [0.4, 0.5) is 17.1 Å². The first-order chi connectivity index (χ1) is 20.0. The molecule has 1 heterocycles. The van der Waals surface area contributed by atoms with Crippen LogP contribution in [-0.2, 0) is 20.8 Å². The van der Waals surface area contributed by atoms with Crippen molar-refractivity contribution in [3.05, 3.63) is 88.4 Å². The maximum Gasteiger partial charge on any atom is 0.303 e. The molecule has 42 heavy (non-hydrogen) atoms. The Morgan fingerprint density at radius 3 is 2.29 bits per heavy atom. The van der Waals surface area contributed by atoms with Gasteiger partial charge in [0.1, 0.15) is 5.92 Å². The van der Waals surface area contributed by atoms with Crippen molar-refractivity contribution in [1.82, 2.24) is 9.80 Å². The summed E-state index contributed by atoms with van der Waals surface area (Å²) in [5.41, 5.74) is 4.97. The molecule has 1 atom stereocenters. The SMILES string of the molecule is CN(C)CCN(C)CC(=O)N(C)c1ccc(N=C(c2ccc(CCC(=O)O)cc2)C2C(=O)Nc3cc(Cl)ccc32)cc1. The number of fused-ring (bicyclic) bond motifs is 1. The number of hydrogen-bond acceptors (Lipinski definition) is 6. The number of rotatable bonds is 12. The maximum atomic E-state index is 13.2. The standard InChI is InChI=1S/C32H36ClN5O4/c1-36(2)17-18-37(3)20-28(39)38(4)25-13-11-24(12-14-25)34-31(22-8-5-21(6-9-22)7-16-29(40)41)30-26-15-10-23(33)19-27(26)35-32(30)42/h5-6,8-15,19,30H,7,16-18,20H2,1-4H3,(H,35,42)(H,40,41). The van der Waals surface area contributed by atoms with E-state index in [0.717, 1.165) is 35.5 Å². The van der Waals surface area contributed by atoms with Crippen molar-refractivity contribution in [3.63, 3.8) is 0 Å². The van der Waals surface area contributed by atoms with Crippen LogP contribution in [0.5, 0.6) is 0 Å². The lowest BCUT2D eigenvalue weighted by molar-refractivity contribution is -0.137. The summed E-state index contributed by atoms with van der Waals surface area (Å²) in [6.07, 6.45) is 0.446. The van der Waals surface area contributed by atoms with Gasteiger partial charge in [0.25, 0.3) is 0 Å². The number of anilines is 2. The van der Waals surface area contributed by atoms with Gasteiger partial charge in [0.05, 0.1) is 17.9 Å². The molecule has 0 bridgehead atoms. The molecule has 10 heteroatoms. The second kappa shape index (κ2) is 13.7. The molecule has 220 valence electrons. The fourth-order valence-corrected chi connectivity index (χ4v) is 4.89. The predicted molar refractivity (Wildman–Crippen MR) is 167 cm³/mol. The number of aliphatic imine (C=N–C) groups is 1. The summed E-state index contributed by atoms with van der Waals surface area (Å²) < 4.78 is 0. The van der Waals surface area contributed by atoms with Crippen LogP contribution in [0.25, 0.3) is 0 Å². The zero-order valence-electron chi connectivity index (χ0n) is 24.3. The van der Waals surface area contributed by atoms with Gasteiger partial charge in [-0.05, 0) is 80.7 Å². The minimum absolute atomic E-state index is 0.0194. The van der Waals surface area contributed by atoms with E-state index in [-0.39, 0.29) is 18.2 Å². The minimum Gasteiger partial charge on any atom is -0.481 e. The molecular weight excluding hydrogens is 554 g/mol. The number of aryl methyl sites for hydroxylation is 1. The highest BCUT2D eigenvalue weighted by Crippen LogP contribution is 2.38. The number of carbonyl (C=O) groups excluding carboxylic acids is 2. The number of amides is 2. The monoisotopic (exact) mass is 589 g/mol. The summed E-state index contributed by atoms with van der Waals surface area (Å²) in [7, 11) is 7.69. The molecule has 0 spiro atoms. The average molecular weight is 590 g/mol. The van der Waals surface area contributed by atoms with Gasteiger partial charge in [0.2, 0.25) is 11.8 Å². The van der Waals surface area contributed by atoms with Gasteiger partial charge in [0, 0.05) is 43.0 Å². The zero-order chi connectivity index (χ0) is 30.4. The number of likely N-dealkylation sites (N-methyl/N-ethyl adjacent to an activating group) is 3. The number of halogens is 1. The fraction of sp³-hybridized carbons (Fsp3) is 0.312. The minimum atomic E-state index is -0.855. The molecule has 3 aromatic carbocycles. The lowest BCUT2D eigenvalue weighted by Crippen LogP contribution is -2.39.